The highest BCUT2D eigenvalue weighted by molar-refractivity contribution is 6.04. The lowest BCUT2D eigenvalue weighted by Crippen LogP contribution is -2.22. The van der Waals surface area contributed by atoms with Gasteiger partial charge >= 0.3 is 6.18 Å². The van der Waals surface area contributed by atoms with Gasteiger partial charge in [0.2, 0.25) is 5.91 Å². The molecule has 0 bridgehead atoms. The summed E-state index contributed by atoms with van der Waals surface area (Å²) in [5.41, 5.74) is 0.544. The monoisotopic (exact) mass is 415 g/mol. The molecular formula is C22H17F4N3O. The summed E-state index contributed by atoms with van der Waals surface area (Å²) in [7, 11) is 0. The molecule has 0 atom stereocenters. The van der Waals surface area contributed by atoms with Crippen LogP contribution in [0.4, 0.5) is 17.6 Å². The second-order valence-electron chi connectivity index (χ2n) is 7.02. The van der Waals surface area contributed by atoms with Crippen molar-refractivity contribution < 1.29 is 22.4 Å². The number of benzene rings is 2. The molecule has 1 saturated heterocycles. The summed E-state index contributed by atoms with van der Waals surface area (Å²) >= 11 is 0. The van der Waals surface area contributed by atoms with Crippen molar-refractivity contribution in [2.24, 2.45) is 5.10 Å². The van der Waals surface area contributed by atoms with E-state index in [1.807, 2.05) is 24.3 Å². The van der Waals surface area contributed by atoms with Crippen molar-refractivity contribution in [3.8, 4) is 0 Å². The number of aromatic nitrogens is 1. The van der Waals surface area contributed by atoms with E-state index in [4.69, 9.17) is 0 Å². The van der Waals surface area contributed by atoms with Crippen LogP contribution in [-0.2, 0) is 17.4 Å². The molecule has 0 N–H and O–H groups in total. The highest BCUT2D eigenvalue weighted by Crippen LogP contribution is 2.32. The Morgan fingerprint density at radius 2 is 1.93 bits per heavy atom. The Hall–Kier alpha value is -3.29. The minimum atomic E-state index is -4.84. The van der Waals surface area contributed by atoms with Crippen LogP contribution in [0.15, 0.2) is 59.8 Å². The van der Waals surface area contributed by atoms with E-state index >= 15 is 0 Å². The third-order valence-electron chi connectivity index (χ3n) is 4.99. The Kier molecular flexibility index (Phi) is 5.24. The van der Waals surface area contributed by atoms with Gasteiger partial charge in [0.15, 0.2) is 0 Å². The van der Waals surface area contributed by atoms with Crippen LogP contribution in [0.2, 0.25) is 0 Å². The first-order chi connectivity index (χ1) is 14.3. The third-order valence-corrected chi connectivity index (χ3v) is 4.99. The second-order valence-corrected chi connectivity index (χ2v) is 7.02. The van der Waals surface area contributed by atoms with Gasteiger partial charge in [-0.05, 0) is 41.8 Å². The molecule has 2 heterocycles. The maximum Gasteiger partial charge on any atom is 0.419 e. The molecule has 2 aromatic carbocycles. The molecule has 1 aromatic heterocycles. The van der Waals surface area contributed by atoms with Crippen LogP contribution in [0.25, 0.3) is 10.9 Å². The number of hydrogen-bond donors (Lipinski definition) is 0. The predicted molar refractivity (Wildman–Crippen MR) is 104 cm³/mol. The number of pyridine rings is 1. The van der Waals surface area contributed by atoms with Crippen LogP contribution in [0.1, 0.15) is 29.5 Å². The topological polar surface area (TPSA) is 45.6 Å². The average Bonchev–Trinajstić information content (AvgIpc) is 3.12. The summed E-state index contributed by atoms with van der Waals surface area (Å²) in [6, 6.07) is 11.9. The van der Waals surface area contributed by atoms with E-state index in [1.165, 1.54) is 11.1 Å². The van der Waals surface area contributed by atoms with Crippen LogP contribution >= 0.6 is 0 Å². The number of alkyl halides is 3. The number of hydrogen-bond acceptors (Lipinski definition) is 3. The van der Waals surface area contributed by atoms with Crippen LogP contribution < -0.4 is 0 Å². The van der Waals surface area contributed by atoms with Crippen molar-refractivity contribution in [3.05, 3.63) is 77.2 Å². The number of para-hydroxylation sites is 1. The summed E-state index contributed by atoms with van der Waals surface area (Å²) in [6.45, 7) is 0.396. The Morgan fingerprint density at radius 3 is 2.67 bits per heavy atom. The van der Waals surface area contributed by atoms with E-state index in [-0.39, 0.29) is 23.6 Å². The minimum absolute atomic E-state index is 0.115. The van der Waals surface area contributed by atoms with E-state index in [0.717, 1.165) is 28.6 Å². The van der Waals surface area contributed by atoms with Crippen molar-refractivity contribution >= 4 is 22.5 Å². The van der Waals surface area contributed by atoms with Gasteiger partial charge in [0.25, 0.3) is 0 Å². The van der Waals surface area contributed by atoms with E-state index < -0.39 is 17.6 Å². The smallest absolute Gasteiger partial charge is 0.273 e. The SMILES string of the molecule is O=C1CCCN1N=C(Cc1ccnc2ccccc12)c1ccc(F)c(C(F)(F)F)c1. The molecule has 30 heavy (non-hydrogen) atoms. The van der Waals surface area contributed by atoms with Gasteiger partial charge in [-0.2, -0.15) is 18.3 Å². The summed E-state index contributed by atoms with van der Waals surface area (Å²) in [6.07, 6.45) is -2.09. The van der Waals surface area contributed by atoms with Gasteiger partial charge in [-0.25, -0.2) is 9.40 Å². The van der Waals surface area contributed by atoms with Crippen molar-refractivity contribution in [2.75, 3.05) is 6.54 Å². The van der Waals surface area contributed by atoms with Gasteiger partial charge in [0, 0.05) is 31.0 Å². The average molecular weight is 415 g/mol. The number of hydrazone groups is 1. The Morgan fingerprint density at radius 1 is 1.13 bits per heavy atom. The lowest BCUT2D eigenvalue weighted by molar-refractivity contribution is -0.140. The molecule has 0 spiro atoms. The van der Waals surface area contributed by atoms with Crippen molar-refractivity contribution in [2.45, 2.75) is 25.4 Å². The largest absolute Gasteiger partial charge is 0.419 e. The van der Waals surface area contributed by atoms with E-state index in [0.29, 0.717) is 19.4 Å². The van der Waals surface area contributed by atoms with Gasteiger partial charge in [-0.3, -0.25) is 9.78 Å². The van der Waals surface area contributed by atoms with Crippen LogP contribution in [0.5, 0.6) is 0 Å². The first-order valence-electron chi connectivity index (χ1n) is 9.40. The normalized spacial score (nSPS) is 15.3. The zero-order chi connectivity index (χ0) is 21.3. The van der Waals surface area contributed by atoms with Gasteiger partial charge in [-0.15, -0.1) is 0 Å². The summed E-state index contributed by atoms with van der Waals surface area (Å²) in [4.78, 5) is 16.3. The number of rotatable bonds is 4. The second kappa shape index (κ2) is 7.85. The van der Waals surface area contributed by atoms with Crippen LogP contribution in [-0.4, -0.2) is 28.2 Å². The molecule has 1 amide bonds. The number of fused-ring (bicyclic) bond motifs is 1. The fourth-order valence-electron chi connectivity index (χ4n) is 3.49. The molecule has 154 valence electrons. The zero-order valence-corrected chi connectivity index (χ0v) is 15.8. The van der Waals surface area contributed by atoms with Crippen molar-refractivity contribution in [1.82, 2.24) is 9.99 Å². The van der Waals surface area contributed by atoms with Gasteiger partial charge in [-0.1, -0.05) is 24.3 Å². The Labute approximate surface area is 169 Å². The number of nitrogens with zero attached hydrogens (tertiary/aromatic N) is 3. The standard InChI is InChI=1S/C22H17F4N3O/c23-18-8-7-15(12-17(18)22(24,25)26)20(28-29-11-3-6-21(29)30)13-14-9-10-27-19-5-2-1-4-16(14)19/h1-2,4-5,7-10,12H,3,6,11,13H2. The maximum absolute atomic E-state index is 13.8. The fraction of sp³-hybridized carbons (Fsp3) is 0.227. The van der Waals surface area contributed by atoms with E-state index in [2.05, 4.69) is 10.1 Å². The van der Waals surface area contributed by atoms with Gasteiger partial charge < -0.3 is 0 Å². The highest BCUT2D eigenvalue weighted by atomic mass is 19.4. The molecule has 1 aliphatic rings. The molecule has 1 fully saturated rings. The summed E-state index contributed by atoms with van der Waals surface area (Å²) in [5.74, 6) is -1.54. The molecule has 4 rings (SSSR count). The van der Waals surface area contributed by atoms with E-state index in [1.54, 1.807) is 12.3 Å². The quantitative estimate of drug-likeness (QED) is 0.447. The molecule has 4 nitrogen and oxygen atoms in total. The first kappa shape index (κ1) is 20.0. The highest BCUT2D eigenvalue weighted by Gasteiger charge is 2.34. The van der Waals surface area contributed by atoms with Crippen molar-refractivity contribution in [3.63, 3.8) is 0 Å². The number of halogens is 4. The zero-order valence-electron chi connectivity index (χ0n) is 15.8. The summed E-state index contributed by atoms with van der Waals surface area (Å²) in [5, 5.41) is 6.48. The number of amides is 1. The first-order valence-corrected chi connectivity index (χ1v) is 9.40. The van der Waals surface area contributed by atoms with Crippen LogP contribution in [0.3, 0.4) is 0 Å². The number of carbonyl (C=O) groups excluding carboxylic acids is 1. The van der Waals surface area contributed by atoms with Crippen LogP contribution in [0, 0.1) is 5.82 Å². The molecular weight excluding hydrogens is 398 g/mol. The molecule has 0 aliphatic carbocycles. The van der Waals surface area contributed by atoms with Gasteiger partial charge in [0.05, 0.1) is 16.8 Å². The molecule has 8 heteroatoms. The van der Waals surface area contributed by atoms with Gasteiger partial charge in [0.1, 0.15) is 5.82 Å². The lowest BCUT2D eigenvalue weighted by atomic mass is 9.98. The molecule has 3 aromatic rings. The lowest BCUT2D eigenvalue weighted by Gasteiger charge is -2.16. The fourth-order valence-corrected chi connectivity index (χ4v) is 3.49. The molecule has 0 unspecified atom stereocenters. The molecule has 0 radical (unpaired) electrons. The third kappa shape index (κ3) is 4.03. The van der Waals surface area contributed by atoms with Crippen molar-refractivity contribution in [1.29, 1.82) is 0 Å². The Balaban J connectivity index is 1.82. The Bertz CT molecular complexity index is 1140. The van der Waals surface area contributed by atoms with E-state index in [9.17, 15) is 22.4 Å². The molecule has 0 saturated carbocycles. The maximum atomic E-state index is 13.8. The summed E-state index contributed by atoms with van der Waals surface area (Å²) < 4.78 is 53.5. The number of carbonyl (C=O) groups is 1. The minimum Gasteiger partial charge on any atom is -0.273 e. The molecule has 1 aliphatic heterocycles. The predicted octanol–water partition coefficient (Wildman–Crippen LogP) is 4.96.